The Bertz CT molecular complexity index is 535. The van der Waals surface area contributed by atoms with Crippen molar-refractivity contribution in [3.05, 3.63) is 36.0 Å². The van der Waals surface area contributed by atoms with Crippen molar-refractivity contribution in [3.8, 4) is 11.8 Å². The minimum Gasteiger partial charge on any atom is -0.491 e. The number of hydrogen-bond donors (Lipinski definition) is 1. The van der Waals surface area contributed by atoms with Gasteiger partial charge >= 0.3 is 5.97 Å². The van der Waals surface area contributed by atoms with Crippen LogP contribution in [0, 0.1) is 11.3 Å². The molecule has 0 saturated carbocycles. The first-order chi connectivity index (χ1) is 10.2. The van der Waals surface area contributed by atoms with Crippen LogP contribution in [0.4, 0.5) is 5.69 Å². The standard InChI is InChI=1S/C15H18N2O4/c1-3-20-15(18)12(10-16)11-17-13-5-4-6-14(9-13)21-8-7-19-2/h4-6,9,11,17H,3,7-8H2,1-2H3/b12-11-. The van der Waals surface area contributed by atoms with E-state index >= 15 is 0 Å². The number of nitrogens with one attached hydrogen (secondary N) is 1. The molecule has 0 unspecified atom stereocenters. The lowest BCUT2D eigenvalue weighted by atomic mass is 10.3. The number of esters is 1. The van der Waals surface area contributed by atoms with Crippen molar-refractivity contribution in [2.75, 3.05) is 32.2 Å². The van der Waals surface area contributed by atoms with E-state index in [4.69, 9.17) is 19.5 Å². The van der Waals surface area contributed by atoms with Crippen molar-refractivity contribution in [1.29, 1.82) is 5.26 Å². The molecule has 1 rings (SSSR count). The first kappa shape index (κ1) is 16.5. The number of nitriles is 1. The topological polar surface area (TPSA) is 80.6 Å². The zero-order valence-corrected chi connectivity index (χ0v) is 12.1. The summed E-state index contributed by atoms with van der Waals surface area (Å²) in [6, 6.07) is 8.94. The fraction of sp³-hybridized carbons (Fsp3) is 0.333. The van der Waals surface area contributed by atoms with Gasteiger partial charge in [-0.05, 0) is 19.1 Å². The second-order valence-electron chi connectivity index (χ2n) is 3.90. The van der Waals surface area contributed by atoms with Gasteiger partial charge in [-0.15, -0.1) is 0 Å². The molecule has 1 N–H and O–H groups in total. The lowest BCUT2D eigenvalue weighted by Gasteiger charge is -2.07. The molecule has 21 heavy (non-hydrogen) atoms. The molecule has 6 nitrogen and oxygen atoms in total. The summed E-state index contributed by atoms with van der Waals surface area (Å²) >= 11 is 0. The number of carbonyl (C=O) groups excluding carboxylic acids is 1. The van der Waals surface area contributed by atoms with Gasteiger partial charge in [0.1, 0.15) is 18.4 Å². The first-order valence-corrected chi connectivity index (χ1v) is 6.47. The number of nitrogens with zero attached hydrogens (tertiary/aromatic N) is 1. The zero-order valence-electron chi connectivity index (χ0n) is 12.1. The Balaban J connectivity index is 2.67. The zero-order chi connectivity index (χ0) is 15.5. The third kappa shape index (κ3) is 5.97. The van der Waals surface area contributed by atoms with E-state index in [9.17, 15) is 4.79 Å². The van der Waals surface area contributed by atoms with Crippen LogP contribution in [0.5, 0.6) is 5.75 Å². The first-order valence-electron chi connectivity index (χ1n) is 6.47. The summed E-state index contributed by atoms with van der Waals surface area (Å²) in [5, 5.41) is 11.8. The van der Waals surface area contributed by atoms with Crippen LogP contribution in [-0.4, -0.2) is 32.9 Å². The molecule has 0 atom stereocenters. The predicted octanol–water partition coefficient (Wildman–Crippen LogP) is 2.09. The van der Waals surface area contributed by atoms with Crippen molar-refractivity contribution in [2.45, 2.75) is 6.92 Å². The molecule has 0 bridgehead atoms. The average molecular weight is 290 g/mol. The smallest absolute Gasteiger partial charge is 0.350 e. The largest absolute Gasteiger partial charge is 0.491 e. The Kier molecular flexibility index (Phi) is 7.40. The summed E-state index contributed by atoms with van der Waals surface area (Å²) in [4.78, 5) is 11.4. The van der Waals surface area contributed by atoms with Crippen LogP contribution in [0.3, 0.4) is 0 Å². The number of hydrogen-bond acceptors (Lipinski definition) is 6. The molecular weight excluding hydrogens is 272 g/mol. The maximum Gasteiger partial charge on any atom is 0.350 e. The molecule has 0 aliphatic carbocycles. The Morgan fingerprint density at radius 2 is 2.24 bits per heavy atom. The van der Waals surface area contributed by atoms with Gasteiger partial charge in [0.25, 0.3) is 0 Å². The molecule has 0 aromatic heterocycles. The summed E-state index contributed by atoms with van der Waals surface area (Å²) in [5.41, 5.74) is 0.601. The van der Waals surface area contributed by atoms with Crippen LogP contribution >= 0.6 is 0 Å². The lowest BCUT2D eigenvalue weighted by molar-refractivity contribution is -0.138. The minimum atomic E-state index is -0.653. The minimum absolute atomic E-state index is 0.0949. The van der Waals surface area contributed by atoms with Crippen LogP contribution in [0.15, 0.2) is 36.0 Å². The molecule has 0 heterocycles. The van der Waals surface area contributed by atoms with Crippen molar-refractivity contribution >= 4 is 11.7 Å². The second-order valence-corrected chi connectivity index (χ2v) is 3.90. The summed E-state index contributed by atoms with van der Waals surface area (Å²) in [6.45, 7) is 2.85. The summed E-state index contributed by atoms with van der Waals surface area (Å²) in [7, 11) is 1.60. The molecule has 112 valence electrons. The van der Waals surface area contributed by atoms with Gasteiger partial charge in [-0.25, -0.2) is 4.79 Å². The maximum atomic E-state index is 11.4. The molecule has 0 spiro atoms. The fourth-order valence-electron chi connectivity index (χ4n) is 1.42. The van der Waals surface area contributed by atoms with E-state index in [2.05, 4.69) is 5.32 Å². The highest BCUT2D eigenvalue weighted by Gasteiger charge is 2.09. The number of ether oxygens (including phenoxy) is 3. The van der Waals surface area contributed by atoms with Gasteiger partial charge in [0, 0.05) is 25.1 Å². The van der Waals surface area contributed by atoms with E-state index in [0.717, 1.165) is 0 Å². The van der Waals surface area contributed by atoms with Gasteiger partial charge < -0.3 is 19.5 Å². The van der Waals surface area contributed by atoms with E-state index in [-0.39, 0.29) is 12.2 Å². The van der Waals surface area contributed by atoms with Crippen molar-refractivity contribution < 1.29 is 19.0 Å². The Morgan fingerprint density at radius 3 is 2.90 bits per heavy atom. The fourth-order valence-corrected chi connectivity index (χ4v) is 1.42. The highest BCUT2D eigenvalue weighted by Crippen LogP contribution is 2.17. The quantitative estimate of drug-likeness (QED) is 0.342. The Labute approximate surface area is 123 Å². The number of anilines is 1. The molecule has 0 amide bonds. The van der Waals surface area contributed by atoms with Gasteiger partial charge in [0.05, 0.1) is 13.2 Å². The highest BCUT2D eigenvalue weighted by molar-refractivity contribution is 5.93. The van der Waals surface area contributed by atoms with Crippen molar-refractivity contribution in [2.24, 2.45) is 0 Å². The molecule has 0 radical (unpaired) electrons. The van der Waals surface area contributed by atoms with Gasteiger partial charge in [0.2, 0.25) is 0 Å². The van der Waals surface area contributed by atoms with Gasteiger partial charge in [-0.3, -0.25) is 0 Å². The molecule has 1 aromatic rings. The highest BCUT2D eigenvalue weighted by atomic mass is 16.5. The molecule has 6 heteroatoms. The Morgan fingerprint density at radius 1 is 1.43 bits per heavy atom. The van der Waals surface area contributed by atoms with E-state index < -0.39 is 5.97 Å². The van der Waals surface area contributed by atoms with Gasteiger partial charge in [-0.2, -0.15) is 5.26 Å². The van der Waals surface area contributed by atoms with Crippen LogP contribution in [0.2, 0.25) is 0 Å². The molecule has 1 aromatic carbocycles. The average Bonchev–Trinajstić information content (AvgIpc) is 2.49. The molecule has 0 saturated heterocycles. The van der Waals surface area contributed by atoms with Crippen LogP contribution < -0.4 is 10.1 Å². The van der Waals surface area contributed by atoms with Crippen molar-refractivity contribution in [3.63, 3.8) is 0 Å². The Hall–Kier alpha value is -2.52. The maximum absolute atomic E-state index is 11.4. The van der Waals surface area contributed by atoms with E-state index in [1.807, 2.05) is 0 Å². The van der Waals surface area contributed by atoms with E-state index in [0.29, 0.717) is 24.7 Å². The summed E-state index contributed by atoms with van der Waals surface area (Å²) in [5.74, 6) is 0.0140. The van der Waals surface area contributed by atoms with Crippen LogP contribution in [0.1, 0.15) is 6.92 Å². The monoisotopic (exact) mass is 290 g/mol. The van der Waals surface area contributed by atoms with Gasteiger partial charge in [-0.1, -0.05) is 6.07 Å². The van der Waals surface area contributed by atoms with Crippen LogP contribution in [0.25, 0.3) is 0 Å². The van der Waals surface area contributed by atoms with E-state index in [1.54, 1.807) is 44.4 Å². The third-order valence-corrected chi connectivity index (χ3v) is 2.39. The SMILES string of the molecule is CCOC(=O)/C(C#N)=C\Nc1cccc(OCCOC)c1. The molecule has 0 aliphatic rings. The normalized spacial score (nSPS) is 10.6. The number of benzene rings is 1. The molecule has 0 fully saturated rings. The predicted molar refractivity (Wildman–Crippen MR) is 77.8 cm³/mol. The van der Waals surface area contributed by atoms with E-state index in [1.165, 1.54) is 6.20 Å². The number of carbonyl (C=O) groups is 1. The molecular formula is C15H18N2O4. The van der Waals surface area contributed by atoms with Gasteiger partial charge in [0.15, 0.2) is 5.57 Å². The molecule has 0 aliphatic heterocycles. The second kappa shape index (κ2) is 9.39. The van der Waals surface area contributed by atoms with Crippen molar-refractivity contribution in [1.82, 2.24) is 0 Å². The number of rotatable bonds is 8. The number of methoxy groups -OCH3 is 1. The van der Waals surface area contributed by atoms with Crippen LogP contribution in [-0.2, 0) is 14.3 Å². The third-order valence-electron chi connectivity index (χ3n) is 2.39. The lowest BCUT2D eigenvalue weighted by Crippen LogP contribution is -2.08. The summed E-state index contributed by atoms with van der Waals surface area (Å²) < 4.78 is 15.1. The summed E-state index contributed by atoms with van der Waals surface area (Å²) in [6.07, 6.45) is 1.31.